The van der Waals surface area contributed by atoms with Crippen molar-refractivity contribution in [3.63, 3.8) is 0 Å². The molecule has 1 heterocycles. The van der Waals surface area contributed by atoms with Gasteiger partial charge in [0, 0.05) is 6.04 Å². The number of nitrogens with one attached hydrogen (secondary N) is 1. The summed E-state index contributed by atoms with van der Waals surface area (Å²) >= 11 is 1.60. The van der Waals surface area contributed by atoms with Gasteiger partial charge in [0.25, 0.3) is 0 Å². The molecule has 1 unspecified atom stereocenters. The molecule has 0 fully saturated rings. The van der Waals surface area contributed by atoms with E-state index in [4.69, 9.17) is 5.84 Å². The Bertz CT molecular complexity index is 538. The van der Waals surface area contributed by atoms with E-state index in [9.17, 15) is 13.2 Å². The minimum Gasteiger partial charge on any atom is -0.271 e. The molecular weight excluding hydrogens is 285 g/mol. The SMILES string of the molecule is NNC(CCc1ccsc1)c1cccc(C(F)(F)F)c1. The van der Waals surface area contributed by atoms with Gasteiger partial charge < -0.3 is 0 Å². The summed E-state index contributed by atoms with van der Waals surface area (Å²) in [4.78, 5) is 0. The smallest absolute Gasteiger partial charge is 0.271 e. The maximum absolute atomic E-state index is 12.7. The zero-order valence-electron chi connectivity index (χ0n) is 10.7. The molecule has 0 saturated carbocycles. The molecule has 20 heavy (non-hydrogen) atoms. The lowest BCUT2D eigenvalue weighted by Crippen LogP contribution is -2.28. The molecule has 0 radical (unpaired) electrons. The van der Waals surface area contributed by atoms with Gasteiger partial charge in [-0.25, -0.2) is 0 Å². The number of nitrogens with two attached hydrogens (primary N) is 1. The van der Waals surface area contributed by atoms with Crippen molar-refractivity contribution in [3.8, 4) is 0 Å². The number of alkyl halides is 3. The summed E-state index contributed by atoms with van der Waals surface area (Å²) in [5, 5.41) is 4.00. The molecule has 0 aliphatic heterocycles. The molecule has 0 aliphatic carbocycles. The number of hydrogen-bond donors (Lipinski definition) is 2. The average molecular weight is 300 g/mol. The standard InChI is InChI=1S/C14H15F3N2S/c15-14(16,17)12-3-1-2-11(8-12)13(19-18)5-4-10-6-7-20-9-10/h1-3,6-9,13,19H,4-5,18H2. The van der Waals surface area contributed by atoms with Crippen LogP contribution in [0.2, 0.25) is 0 Å². The Hall–Kier alpha value is -1.37. The third-order valence-electron chi connectivity index (χ3n) is 3.12. The maximum Gasteiger partial charge on any atom is 0.416 e. The quantitative estimate of drug-likeness (QED) is 0.649. The average Bonchev–Trinajstić information content (AvgIpc) is 2.92. The highest BCUT2D eigenvalue weighted by Crippen LogP contribution is 2.31. The number of benzene rings is 1. The molecule has 108 valence electrons. The highest BCUT2D eigenvalue weighted by atomic mass is 32.1. The van der Waals surface area contributed by atoms with Crippen molar-refractivity contribution in [1.82, 2.24) is 5.43 Å². The summed E-state index contributed by atoms with van der Waals surface area (Å²) in [6.07, 6.45) is -2.91. The molecule has 1 atom stereocenters. The largest absolute Gasteiger partial charge is 0.416 e. The Labute approximate surface area is 119 Å². The van der Waals surface area contributed by atoms with Crippen LogP contribution in [0.25, 0.3) is 0 Å². The van der Waals surface area contributed by atoms with Crippen LogP contribution in [0.15, 0.2) is 41.1 Å². The molecule has 6 heteroatoms. The minimum absolute atomic E-state index is 0.294. The van der Waals surface area contributed by atoms with Gasteiger partial charge in [-0.3, -0.25) is 11.3 Å². The zero-order chi connectivity index (χ0) is 14.6. The van der Waals surface area contributed by atoms with E-state index in [-0.39, 0.29) is 6.04 Å². The molecule has 0 amide bonds. The van der Waals surface area contributed by atoms with Crippen LogP contribution in [0.1, 0.15) is 29.2 Å². The molecule has 1 aromatic carbocycles. The molecule has 0 bridgehead atoms. The van der Waals surface area contributed by atoms with Crippen molar-refractivity contribution in [2.75, 3.05) is 0 Å². The summed E-state index contributed by atoms with van der Waals surface area (Å²) in [7, 11) is 0. The topological polar surface area (TPSA) is 38.0 Å². The number of aryl methyl sites for hydroxylation is 1. The number of thiophene rings is 1. The highest BCUT2D eigenvalue weighted by Gasteiger charge is 2.30. The van der Waals surface area contributed by atoms with Crippen LogP contribution < -0.4 is 11.3 Å². The number of rotatable bonds is 5. The van der Waals surface area contributed by atoms with Crippen LogP contribution in [0.3, 0.4) is 0 Å². The third-order valence-corrected chi connectivity index (χ3v) is 3.85. The summed E-state index contributed by atoms with van der Waals surface area (Å²) < 4.78 is 38.1. The maximum atomic E-state index is 12.7. The van der Waals surface area contributed by atoms with Gasteiger partial charge in [0.15, 0.2) is 0 Å². The first-order valence-corrected chi connectivity index (χ1v) is 7.09. The van der Waals surface area contributed by atoms with Crippen LogP contribution in [-0.2, 0) is 12.6 Å². The van der Waals surface area contributed by atoms with Crippen molar-refractivity contribution < 1.29 is 13.2 Å². The van der Waals surface area contributed by atoms with Crippen LogP contribution >= 0.6 is 11.3 Å². The van der Waals surface area contributed by atoms with E-state index in [0.717, 1.165) is 18.6 Å². The summed E-state index contributed by atoms with van der Waals surface area (Å²) in [6, 6.07) is 7.00. The lowest BCUT2D eigenvalue weighted by Gasteiger charge is -2.17. The summed E-state index contributed by atoms with van der Waals surface area (Å²) in [5.41, 5.74) is 3.67. The fraction of sp³-hybridized carbons (Fsp3) is 0.286. The van der Waals surface area contributed by atoms with Crippen molar-refractivity contribution in [1.29, 1.82) is 0 Å². The van der Waals surface area contributed by atoms with Gasteiger partial charge in [0.05, 0.1) is 5.56 Å². The van der Waals surface area contributed by atoms with Gasteiger partial charge in [-0.1, -0.05) is 12.1 Å². The van der Waals surface area contributed by atoms with E-state index in [0.29, 0.717) is 12.0 Å². The van der Waals surface area contributed by atoms with Crippen LogP contribution in [0.4, 0.5) is 13.2 Å². The van der Waals surface area contributed by atoms with Crippen LogP contribution in [0.5, 0.6) is 0 Å². The Balaban J connectivity index is 2.11. The fourth-order valence-corrected chi connectivity index (χ4v) is 2.73. The second kappa shape index (κ2) is 6.39. The second-order valence-corrected chi connectivity index (χ2v) is 5.29. The van der Waals surface area contributed by atoms with Crippen molar-refractivity contribution >= 4 is 11.3 Å². The van der Waals surface area contributed by atoms with Crippen molar-refractivity contribution in [2.45, 2.75) is 25.1 Å². The first kappa shape index (κ1) is 15.0. The predicted molar refractivity (Wildman–Crippen MR) is 74.1 cm³/mol. The molecule has 0 saturated heterocycles. The number of hydrazine groups is 1. The van der Waals surface area contributed by atoms with E-state index in [1.54, 1.807) is 17.4 Å². The minimum atomic E-state index is -4.33. The molecule has 2 nitrogen and oxygen atoms in total. The number of hydrogen-bond acceptors (Lipinski definition) is 3. The lowest BCUT2D eigenvalue weighted by atomic mass is 9.99. The normalized spacial score (nSPS) is 13.4. The fourth-order valence-electron chi connectivity index (χ4n) is 2.02. The Kier molecular flexibility index (Phi) is 4.80. The van der Waals surface area contributed by atoms with Crippen LogP contribution in [0, 0.1) is 0 Å². The van der Waals surface area contributed by atoms with Gasteiger partial charge >= 0.3 is 6.18 Å². The first-order valence-electron chi connectivity index (χ1n) is 6.15. The Morgan fingerprint density at radius 1 is 1.25 bits per heavy atom. The summed E-state index contributed by atoms with van der Waals surface area (Å²) in [5.74, 6) is 5.47. The second-order valence-electron chi connectivity index (χ2n) is 4.51. The van der Waals surface area contributed by atoms with E-state index in [1.807, 2.05) is 16.8 Å². The molecule has 0 spiro atoms. The zero-order valence-corrected chi connectivity index (χ0v) is 11.5. The van der Waals surface area contributed by atoms with E-state index in [1.165, 1.54) is 11.6 Å². The van der Waals surface area contributed by atoms with E-state index in [2.05, 4.69) is 5.43 Å². The summed E-state index contributed by atoms with van der Waals surface area (Å²) in [6.45, 7) is 0. The van der Waals surface area contributed by atoms with Crippen molar-refractivity contribution in [3.05, 3.63) is 57.8 Å². The molecule has 2 aromatic rings. The van der Waals surface area contributed by atoms with E-state index >= 15 is 0 Å². The van der Waals surface area contributed by atoms with Gasteiger partial charge in [-0.2, -0.15) is 24.5 Å². The highest BCUT2D eigenvalue weighted by molar-refractivity contribution is 7.07. The monoisotopic (exact) mass is 300 g/mol. The first-order chi connectivity index (χ1) is 9.50. The third kappa shape index (κ3) is 3.82. The van der Waals surface area contributed by atoms with Gasteiger partial charge in [-0.05, 0) is 52.9 Å². The van der Waals surface area contributed by atoms with Gasteiger partial charge in [0.1, 0.15) is 0 Å². The van der Waals surface area contributed by atoms with Gasteiger partial charge in [-0.15, -0.1) is 0 Å². The molecular formula is C14H15F3N2S. The number of halogens is 3. The lowest BCUT2D eigenvalue weighted by molar-refractivity contribution is -0.137. The van der Waals surface area contributed by atoms with Crippen molar-refractivity contribution in [2.24, 2.45) is 5.84 Å². The molecule has 1 aromatic heterocycles. The predicted octanol–water partition coefficient (Wildman–Crippen LogP) is 3.90. The van der Waals surface area contributed by atoms with E-state index < -0.39 is 11.7 Å². The molecule has 3 N–H and O–H groups in total. The molecule has 0 aliphatic rings. The Morgan fingerprint density at radius 2 is 2.05 bits per heavy atom. The molecule has 2 rings (SSSR count). The Morgan fingerprint density at radius 3 is 2.65 bits per heavy atom. The van der Waals surface area contributed by atoms with Gasteiger partial charge in [0.2, 0.25) is 0 Å². The van der Waals surface area contributed by atoms with Crippen LogP contribution in [-0.4, -0.2) is 0 Å².